The van der Waals surface area contributed by atoms with Crippen molar-refractivity contribution >= 4 is 11.9 Å². The molecule has 1 aromatic heterocycles. The van der Waals surface area contributed by atoms with Crippen LogP contribution in [-0.2, 0) is 0 Å². The van der Waals surface area contributed by atoms with Gasteiger partial charge in [0.05, 0.1) is 11.9 Å². The van der Waals surface area contributed by atoms with E-state index in [0.29, 0.717) is 0 Å². The Labute approximate surface area is 81.7 Å². The first-order chi connectivity index (χ1) is 6.97. The summed E-state index contributed by atoms with van der Waals surface area (Å²) in [6.45, 7) is 0. The van der Waals surface area contributed by atoms with Gasteiger partial charge in [0.15, 0.2) is 6.33 Å². The van der Waals surface area contributed by atoms with Gasteiger partial charge in [-0.2, -0.15) is 10.5 Å². The van der Waals surface area contributed by atoms with Crippen molar-refractivity contribution in [3.63, 3.8) is 0 Å². The topological polar surface area (TPSA) is 55.1 Å². The lowest BCUT2D eigenvalue weighted by atomic mass is 10.2. The maximum Gasteiger partial charge on any atom is 0.173 e. The van der Waals surface area contributed by atoms with E-state index in [2.05, 4.69) is 26.8 Å². The molecule has 2 radical (unpaired) electrons. The molecule has 0 aliphatic carbocycles. The van der Waals surface area contributed by atoms with E-state index < -0.39 is 0 Å². The summed E-state index contributed by atoms with van der Waals surface area (Å²) in [5.74, 6) is 0. The van der Waals surface area contributed by atoms with Gasteiger partial charge in [0.25, 0.3) is 0 Å². The van der Waals surface area contributed by atoms with Crippen LogP contribution < -0.4 is 5.43 Å². The summed E-state index contributed by atoms with van der Waals surface area (Å²) in [6, 6.07) is 7.88. The molecule has 0 saturated heterocycles. The van der Waals surface area contributed by atoms with E-state index >= 15 is 0 Å². The number of imidazole rings is 1. The van der Waals surface area contributed by atoms with Crippen LogP contribution in [0.4, 0.5) is 5.69 Å². The van der Waals surface area contributed by atoms with Crippen molar-refractivity contribution in [1.82, 2.24) is 15.4 Å². The SMILES string of the molecule is C1=N[N]c2ccccc21.[c]1ncc[nH]1. The molecule has 0 saturated carbocycles. The summed E-state index contributed by atoms with van der Waals surface area (Å²) in [7, 11) is 0. The van der Waals surface area contributed by atoms with E-state index in [-0.39, 0.29) is 0 Å². The second-order valence-electron chi connectivity index (χ2n) is 2.60. The highest BCUT2D eigenvalue weighted by molar-refractivity contribution is 5.88. The Morgan fingerprint density at radius 3 is 2.79 bits per heavy atom. The van der Waals surface area contributed by atoms with Crippen LogP contribution in [0.25, 0.3) is 0 Å². The number of hydrogen-bond donors (Lipinski definition) is 1. The number of nitrogens with one attached hydrogen (secondary N) is 1. The van der Waals surface area contributed by atoms with Gasteiger partial charge in [0, 0.05) is 18.0 Å². The van der Waals surface area contributed by atoms with Gasteiger partial charge in [0.2, 0.25) is 0 Å². The monoisotopic (exact) mass is 184 g/mol. The van der Waals surface area contributed by atoms with Gasteiger partial charge in [0.1, 0.15) is 0 Å². The first-order valence-corrected chi connectivity index (χ1v) is 4.15. The highest BCUT2D eigenvalue weighted by Gasteiger charge is 2.03. The lowest BCUT2D eigenvalue weighted by Crippen LogP contribution is -1.79. The van der Waals surface area contributed by atoms with Crippen LogP contribution >= 0.6 is 0 Å². The van der Waals surface area contributed by atoms with Crippen molar-refractivity contribution in [1.29, 1.82) is 0 Å². The zero-order valence-electron chi connectivity index (χ0n) is 7.38. The van der Waals surface area contributed by atoms with Crippen LogP contribution in [0.1, 0.15) is 5.56 Å². The maximum absolute atomic E-state index is 3.87. The van der Waals surface area contributed by atoms with Crippen LogP contribution in [0.3, 0.4) is 0 Å². The predicted octanol–water partition coefficient (Wildman–Crippen LogP) is 1.48. The van der Waals surface area contributed by atoms with Crippen molar-refractivity contribution in [3.05, 3.63) is 48.5 Å². The number of aromatic nitrogens is 2. The van der Waals surface area contributed by atoms with Gasteiger partial charge in [-0.15, -0.1) is 0 Å². The summed E-state index contributed by atoms with van der Waals surface area (Å²) in [5.41, 5.74) is 5.95. The smallest absolute Gasteiger partial charge is 0.173 e. The Hall–Kier alpha value is -2.10. The summed E-state index contributed by atoms with van der Waals surface area (Å²) >= 11 is 0. The number of fused-ring (bicyclic) bond motifs is 1. The number of hydrogen-bond acceptors (Lipinski definition) is 2. The van der Waals surface area contributed by atoms with Crippen LogP contribution in [0.15, 0.2) is 41.8 Å². The van der Waals surface area contributed by atoms with Gasteiger partial charge < -0.3 is 4.98 Å². The minimum absolute atomic E-state index is 0.970. The fourth-order valence-electron chi connectivity index (χ4n) is 1.03. The Balaban J connectivity index is 0.000000128. The molecule has 0 spiro atoms. The lowest BCUT2D eigenvalue weighted by molar-refractivity contribution is 0.991. The van der Waals surface area contributed by atoms with Crippen molar-refractivity contribution in [3.8, 4) is 0 Å². The Kier molecular flexibility index (Phi) is 2.56. The molecule has 0 amide bonds. The van der Waals surface area contributed by atoms with E-state index in [1.54, 1.807) is 18.6 Å². The molecule has 1 aliphatic heterocycles. The third-order valence-electron chi connectivity index (χ3n) is 1.66. The molecule has 0 unspecified atom stereocenters. The minimum atomic E-state index is 0.970. The minimum Gasteiger partial charge on any atom is -0.342 e. The lowest BCUT2D eigenvalue weighted by Gasteiger charge is -1.89. The number of nitrogens with zero attached hydrogens (tertiary/aromatic N) is 3. The summed E-state index contributed by atoms with van der Waals surface area (Å²) in [5, 5.41) is 3.75. The van der Waals surface area contributed by atoms with Gasteiger partial charge in [-0.25, -0.2) is 4.98 Å². The fourth-order valence-corrected chi connectivity index (χ4v) is 1.03. The third-order valence-corrected chi connectivity index (χ3v) is 1.66. The molecule has 2 heterocycles. The quantitative estimate of drug-likeness (QED) is 0.662. The predicted molar refractivity (Wildman–Crippen MR) is 53.3 cm³/mol. The highest BCUT2D eigenvalue weighted by Crippen LogP contribution is 2.16. The standard InChI is InChI=1S/C7H5N2.C3H3N2/c1-2-4-7-6(3-1)5-8-9-7;1-2-5-3-4-1/h1-5H;1-2H,(H,4,5). The summed E-state index contributed by atoms with van der Waals surface area (Å²) in [4.78, 5) is 6.17. The van der Waals surface area contributed by atoms with E-state index in [4.69, 9.17) is 0 Å². The fraction of sp³-hybridized carbons (Fsp3) is 0. The van der Waals surface area contributed by atoms with Crippen molar-refractivity contribution in [2.45, 2.75) is 0 Å². The molecule has 4 nitrogen and oxygen atoms in total. The van der Waals surface area contributed by atoms with E-state index in [1.165, 1.54) is 0 Å². The van der Waals surface area contributed by atoms with Crippen LogP contribution in [0, 0.1) is 6.33 Å². The molecule has 14 heavy (non-hydrogen) atoms. The highest BCUT2D eigenvalue weighted by atomic mass is 15.3. The summed E-state index contributed by atoms with van der Waals surface area (Å²) in [6.07, 6.45) is 7.59. The van der Waals surface area contributed by atoms with E-state index in [9.17, 15) is 0 Å². The largest absolute Gasteiger partial charge is 0.342 e. The van der Waals surface area contributed by atoms with Crippen molar-refractivity contribution in [2.75, 3.05) is 0 Å². The van der Waals surface area contributed by atoms with Gasteiger partial charge >= 0.3 is 0 Å². The molecule has 1 aromatic carbocycles. The second-order valence-corrected chi connectivity index (χ2v) is 2.60. The van der Waals surface area contributed by atoms with Crippen molar-refractivity contribution < 1.29 is 0 Å². The molecule has 0 bridgehead atoms. The molecule has 68 valence electrons. The molecular formula is C10H8N4. The first kappa shape index (κ1) is 8.50. The van der Waals surface area contributed by atoms with E-state index in [1.807, 2.05) is 24.3 Å². The van der Waals surface area contributed by atoms with Crippen molar-refractivity contribution in [2.24, 2.45) is 5.10 Å². The number of benzene rings is 1. The molecule has 4 heteroatoms. The van der Waals surface area contributed by atoms with Gasteiger partial charge in [-0.1, -0.05) is 18.2 Å². The molecular weight excluding hydrogens is 176 g/mol. The Morgan fingerprint density at radius 1 is 1.21 bits per heavy atom. The Morgan fingerprint density at radius 2 is 2.14 bits per heavy atom. The zero-order chi connectivity index (χ0) is 9.64. The van der Waals surface area contributed by atoms with E-state index in [0.717, 1.165) is 11.3 Å². The number of rotatable bonds is 0. The molecule has 2 aromatic rings. The number of aromatic amines is 1. The molecule has 0 atom stereocenters. The normalized spacial score (nSPS) is 11.1. The first-order valence-electron chi connectivity index (χ1n) is 4.15. The summed E-state index contributed by atoms with van der Waals surface area (Å²) < 4.78 is 0. The molecule has 0 fully saturated rings. The van der Waals surface area contributed by atoms with Crippen LogP contribution in [0.5, 0.6) is 0 Å². The molecule has 1 aliphatic rings. The van der Waals surface area contributed by atoms with Gasteiger partial charge in [-0.3, -0.25) is 0 Å². The maximum atomic E-state index is 3.87. The third kappa shape index (κ3) is 1.98. The average molecular weight is 184 g/mol. The van der Waals surface area contributed by atoms with Crippen LogP contribution in [0.2, 0.25) is 0 Å². The number of H-pyrrole nitrogens is 1. The molecule has 1 N–H and O–H groups in total. The second kappa shape index (κ2) is 4.23. The van der Waals surface area contributed by atoms with Crippen LogP contribution in [-0.4, -0.2) is 16.2 Å². The zero-order valence-corrected chi connectivity index (χ0v) is 7.38. The van der Waals surface area contributed by atoms with Gasteiger partial charge in [-0.05, 0) is 6.07 Å². The Bertz CT molecular complexity index is 389. The average Bonchev–Trinajstić information content (AvgIpc) is 2.92. The molecule has 3 rings (SSSR count).